The summed E-state index contributed by atoms with van der Waals surface area (Å²) in [5, 5.41) is 10.2. The number of amides is 1. The number of rotatable bonds is 4. The van der Waals surface area contributed by atoms with Gasteiger partial charge < -0.3 is 19.3 Å². The minimum atomic E-state index is -0.541. The Labute approximate surface area is 169 Å². The van der Waals surface area contributed by atoms with E-state index in [1.165, 1.54) is 0 Å². The van der Waals surface area contributed by atoms with Crippen molar-refractivity contribution in [2.45, 2.75) is 19.9 Å². The van der Waals surface area contributed by atoms with E-state index in [9.17, 15) is 14.7 Å². The fourth-order valence-corrected chi connectivity index (χ4v) is 3.82. The van der Waals surface area contributed by atoms with Crippen LogP contribution in [0.15, 0.2) is 45.6 Å². The quantitative estimate of drug-likeness (QED) is 0.738. The number of likely N-dealkylation sites (N-methyl/N-ethyl adjacent to an activating group) is 1. The fourth-order valence-electron chi connectivity index (χ4n) is 3.82. The van der Waals surface area contributed by atoms with Gasteiger partial charge in [0.25, 0.3) is 5.91 Å². The minimum Gasteiger partial charge on any atom is -0.508 e. The molecule has 3 aromatic rings. The molecule has 150 valence electrons. The van der Waals surface area contributed by atoms with Crippen molar-refractivity contribution in [1.82, 2.24) is 9.80 Å². The molecule has 0 radical (unpaired) electrons. The van der Waals surface area contributed by atoms with E-state index in [-0.39, 0.29) is 22.8 Å². The molecule has 4 rings (SSSR count). The minimum absolute atomic E-state index is 0.114. The van der Waals surface area contributed by atoms with Crippen LogP contribution in [-0.2, 0) is 0 Å². The summed E-state index contributed by atoms with van der Waals surface area (Å²) in [6.07, 6.45) is 0. The molecule has 0 saturated carbocycles. The highest BCUT2D eigenvalue weighted by molar-refractivity contribution is 5.99. The Kier molecular flexibility index (Phi) is 4.67. The predicted molar refractivity (Wildman–Crippen MR) is 111 cm³/mol. The SMILES string of the molecule is Cc1cc2oc3c(c(=O)c2cc1C)[C@H](c1ccc(O)cc1)N(CCN(C)C)C3=O. The average Bonchev–Trinajstić information content (AvgIpc) is 2.95. The van der Waals surface area contributed by atoms with Crippen LogP contribution >= 0.6 is 0 Å². The first-order valence-corrected chi connectivity index (χ1v) is 9.60. The smallest absolute Gasteiger partial charge is 0.290 e. The Morgan fingerprint density at radius 1 is 1.07 bits per heavy atom. The molecule has 1 N–H and O–H groups in total. The van der Waals surface area contributed by atoms with Crippen LogP contribution in [0.3, 0.4) is 0 Å². The summed E-state index contributed by atoms with van der Waals surface area (Å²) in [6, 6.07) is 9.73. The lowest BCUT2D eigenvalue weighted by molar-refractivity contribution is 0.0716. The van der Waals surface area contributed by atoms with Gasteiger partial charge in [-0.1, -0.05) is 12.1 Å². The predicted octanol–water partition coefficient (Wildman–Crippen LogP) is 3.22. The molecule has 0 fully saturated rings. The topological polar surface area (TPSA) is 74.0 Å². The average molecular weight is 392 g/mol. The maximum Gasteiger partial charge on any atom is 0.290 e. The number of nitrogens with zero attached hydrogens (tertiary/aromatic N) is 2. The number of hydrogen-bond acceptors (Lipinski definition) is 5. The number of fused-ring (bicyclic) bond motifs is 2. The van der Waals surface area contributed by atoms with Gasteiger partial charge in [0.2, 0.25) is 5.76 Å². The van der Waals surface area contributed by atoms with E-state index < -0.39 is 6.04 Å². The number of carbonyl (C=O) groups is 1. The first-order chi connectivity index (χ1) is 13.8. The molecule has 6 nitrogen and oxygen atoms in total. The molecule has 1 amide bonds. The third kappa shape index (κ3) is 3.19. The first kappa shape index (κ1) is 19.2. The van der Waals surface area contributed by atoms with E-state index in [2.05, 4.69) is 0 Å². The lowest BCUT2D eigenvalue weighted by Crippen LogP contribution is -2.35. The number of aromatic hydroxyl groups is 1. The van der Waals surface area contributed by atoms with Crippen LogP contribution in [0.4, 0.5) is 0 Å². The van der Waals surface area contributed by atoms with E-state index in [1.54, 1.807) is 29.2 Å². The standard InChI is InChI=1S/C23H24N2O4/c1-13-11-17-18(12-14(13)2)29-22-19(21(17)27)20(15-5-7-16(26)8-6-15)25(23(22)28)10-9-24(3)4/h5-8,11-12,20,26H,9-10H2,1-4H3/t20-/m0/s1. The number of aryl methyl sites for hydroxylation is 2. The van der Waals surface area contributed by atoms with Crippen molar-refractivity contribution in [1.29, 1.82) is 0 Å². The Balaban J connectivity index is 1.96. The summed E-state index contributed by atoms with van der Waals surface area (Å²) in [5.41, 5.74) is 3.40. The highest BCUT2D eigenvalue weighted by atomic mass is 16.3. The van der Waals surface area contributed by atoms with Crippen molar-refractivity contribution >= 4 is 16.9 Å². The van der Waals surface area contributed by atoms with Crippen LogP contribution in [0.25, 0.3) is 11.0 Å². The molecular weight excluding hydrogens is 368 g/mol. The summed E-state index contributed by atoms with van der Waals surface area (Å²) in [6.45, 7) is 5.01. The van der Waals surface area contributed by atoms with Crippen LogP contribution in [-0.4, -0.2) is 48.0 Å². The Morgan fingerprint density at radius 2 is 1.72 bits per heavy atom. The molecule has 0 bridgehead atoms. The summed E-state index contributed by atoms with van der Waals surface area (Å²) in [4.78, 5) is 30.4. The normalized spacial score (nSPS) is 16.1. The Morgan fingerprint density at radius 3 is 2.38 bits per heavy atom. The third-order valence-electron chi connectivity index (χ3n) is 5.58. The molecule has 0 aliphatic carbocycles. The van der Waals surface area contributed by atoms with Crippen molar-refractivity contribution in [3.8, 4) is 5.75 Å². The molecule has 1 aliphatic rings. The summed E-state index contributed by atoms with van der Waals surface area (Å²) < 4.78 is 5.99. The molecule has 0 saturated heterocycles. The van der Waals surface area contributed by atoms with Crippen LogP contribution in [0, 0.1) is 13.8 Å². The molecule has 6 heteroatoms. The van der Waals surface area contributed by atoms with Crippen molar-refractivity contribution in [3.05, 3.63) is 74.6 Å². The van der Waals surface area contributed by atoms with E-state index >= 15 is 0 Å². The molecule has 2 aromatic carbocycles. The summed E-state index contributed by atoms with van der Waals surface area (Å²) in [7, 11) is 3.87. The Hall–Kier alpha value is -3.12. The summed E-state index contributed by atoms with van der Waals surface area (Å²) >= 11 is 0. The van der Waals surface area contributed by atoms with Crippen LogP contribution in [0.1, 0.15) is 38.9 Å². The van der Waals surface area contributed by atoms with Gasteiger partial charge in [-0.2, -0.15) is 0 Å². The Bertz CT molecular complexity index is 1160. The third-order valence-corrected chi connectivity index (χ3v) is 5.58. The first-order valence-electron chi connectivity index (χ1n) is 9.60. The second kappa shape index (κ2) is 7.04. The summed E-state index contributed by atoms with van der Waals surface area (Å²) in [5.74, 6) is -0.0329. The molecule has 29 heavy (non-hydrogen) atoms. The van der Waals surface area contributed by atoms with Crippen LogP contribution in [0.5, 0.6) is 5.75 Å². The zero-order valence-electron chi connectivity index (χ0n) is 17.0. The van der Waals surface area contributed by atoms with Gasteiger partial charge in [-0.15, -0.1) is 0 Å². The highest BCUT2D eigenvalue weighted by Gasteiger charge is 2.42. The number of phenols is 1. The number of phenolic OH excluding ortho intramolecular Hbond substituents is 1. The molecule has 2 heterocycles. The molecule has 1 aliphatic heterocycles. The molecule has 0 unspecified atom stereocenters. The monoisotopic (exact) mass is 392 g/mol. The van der Waals surface area contributed by atoms with Crippen LogP contribution in [0.2, 0.25) is 0 Å². The van der Waals surface area contributed by atoms with Gasteiger partial charge in [-0.3, -0.25) is 9.59 Å². The molecule has 1 atom stereocenters. The highest BCUT2D eigenvalue weighted by Crippen LogP contribution is 2.38. The van der Waals surface area contributed by atoms with Gasteiger partial charge in [-0.05, 0) is 68.9 Å². The van der Waals surface area contributed by atoms with Crippen molar-refractivity contribution in [3.63, 3.8) is 0 Å². The fraction of sp³-hybridized carbons (Fsp3) is 0.304. The van der Waals surface area contributed by atoms with Gasteiger partial charge in [-0.25, -0.2) is 0 Å². The van der Waals surface area contributed by atoms with Gasteiger partial charge >= 0.3 is 0 Å². The molecular formula is C23H24N2O4. The van der Waals surface area contributed by atoms with Gasteiger partial charge in [0, 0.05) is 13.1 Å². The second-order valence-electron chi connectivity index (χ2n) is 7.90. The van der Waals surface area contributed by atoms with Gasteiger partial charge in [0.05, 0.1) is 17.0 Å². The largest absolute Gasteiger partial charge is 0.508 e. The molecule has 1 aromatic heterocycles. The van der Waals surface area contributed by atoms with Gasteiger partial charge in [0.1, 0.15) is 11.3 Å². The maximum absolute atomic E-state index is 13.5. The van der Waals surface area contributed by atoms with Crippen molar-refractivity contribution in [2.75, 3.05) is 27.2 Å². The zero-order valence-corrected chi connectivity index (χ0v) is 17.0. The lowest BCUT2D eigenvalue weighted by atomic mass is 9.97. The zero-order chi connectivity index (χ0) is 20.9. The van der Waals surface area contributed by atoms with E-state index in [1.807, 2.05) is 45.0 Å². The van der Waals surface area contributed by atoms with E-state index in [4.69, 9.17) is 4.42 Å². The van der Waals surface area contributed by atoms with Gasteiger partial charge in [0.15, 0.2) is 5.43 Å². The second-order valence-corrected chi connectivity index (χ2v) is 7.90. The van der Waals surface area contributed by atoms with E-state index in [0.29, 0.717) is 29.6 Å². The number of benzene rings is 2. The number of carbonyl (C=O) groups excluding carboxylic acids is 1. The van der Waals surface area contributed by atoms with Crippen LogP contribution < -0.4 is 5.43 Å². The molecule has 0 spiro atoms. The van der Waals surface area contributed by atoms with Crippen molar-refractivity contribution < 1.29 is 14.3 Å². The van der Waals surface area contributed by atoms with E-state index in [0.717, 1.165) is 16.7 Å². The van der Waals surface area contributed by atoms with Crippen molar-refractivity contribution in [2.24, 2.45) is 0 Å². The lowest BCUT2D eigenvalue weighted by Gasteiger charge is -2.26. The number of hydrogen-bond donors (Lipinski definition) is 1. The maximum atomic E-state index is 13.5.